The fourth-order valence-electron chi connectivity index (χ4n) is 2.15. The molecule has 0 aliphatic rings. The minimum absolute atomic E-state index is 0.352. The van der Waals surface area contributed by atoms with Gasteiger partial charge in [0.05, 0.1) is 5.69 Å². The topological polar surface area (TPSA) is 29.9 Å². The van der Waals surface area contributed by atoms with Crippen molar-refractivity contribution in [1.82, 2.24) is 15.1 Å². The molecule has 0 saturated heterocycles. The molecule has 0 saturated carbocycles. The lowest BCUT2D eigenvalue weighted by Gasteiger charge is -2.15. The van der Waals surface area contributed by atoms with Crippen LogP contribution in [0.3, 0.4) is 0 Å². The zero-order valence-electron chi connectivity index (χ0n) is 12.1. The Morgan fingerprint density at radius 1 is 1.21 bits per heavy atom. The maximum Gasteiger partial charge on any atom is 0.0522 e. The number of aromatic nitrogens is 2. The molecule has 0 aliphatic carbocycles. The van der Waals surface area contributed by atoms with Crippen molar-refractivity contribution in [2.75, 3.05) is 0 Å². The van der Waals surface area contributed by atoms with Crippen molar-refractivity contribution in [1.29, 1.82) is 0 Å². The number of rotatable bonds is 6. The lowest BCUT2D eigenvalue weighted by atomic mass is 10.1. The third-order valence-electron chi connectivity index (χ3n) is 3.41. The van der Waals surface area contributed by atoms with Gasteiger partial charge in [-0.05, 0) is 31.9 Å². The molecule has 0 bridgehead atoms. The van der Waals surface area contributed by atoms with Gasteiger partial charge >= 0.3 is 0 Å². The fraction of sp³-hybridized carbons (Fsp3) is 0.438. The van der Waals surface area contributed by atoms with Crippen molar-refractivity contribution in [2.45, 2.75) is 46.3 Å². The summed E-state index contributed by atoms with van der Waals surface area (Å²) in [6.07, 6.45) is 2.99. The van der Waals surface area contributed by atoms with E-state index in [4.69, 9.17) is 0 Å². The van der Waals surface area contributed by atoms with Crippen LogP contribution >= 0.6 is 0 Å². The summed E-state index contributed by atoms with van der Waals surface area (Å²) >= 11 is 0. The SMILES string of the molecule is CCCn1nccc1CN[C@H](C)c1ccc(C)cc1. The van der Waals surface area contributed by atoms with Crippen LogP contribution in [-0.2, 0) is 13.1 Å². The molecule has 0 radical (unpaired) electrons. The number of hydrogen-bond donors (Lipinski definition) is 1. The zero-order valence-corrected chi connectivity index (χ0v) is 12.1. The zero-order chi connectivity index (χ0) is 13.7. The van der Waals surface area contributed by atoms with E-state index in [0.717, 1.165) is 19.5 Å². The van der Waals surface area contributed by atoms with Crippen LogP contribution in [0.1, 0.15) is 43.1 Å². The van der Waals surface area contributed by atoms with Crippen molar-refractivity contribution in [3.63, 3.8) is 0 Å². The van der Waals surface area contributed by atoms with Gasteiger partial charge < -0.3 is 5.32 Å². The molecule has 0 aliphatic heterocycles. The molecule has 3 nitrogen and oxygen atoms in total. The standard InChI is InChI=1S/C16H23N3/c1-4-11-19-16(9-10-18-19)12-17-14(3)15-7-5-13(2)6-8-15/h5-10,14,17H,4,11-12H2,1-3H3/t14-/m1/s1. The molecule has 1 N–H and O–H groups in total. The van der Waals surface area contributed by atoms with Gasteiger partial charge in [-0.15, -0.1) is 0 Å². The molecule has 0 unspecified atom stereocenters. The van der Waals surface area contributed by atoms with Gasteiger partial charge in [-0.3, -0.25) is 4.68 Å². The predicted molar refractivity (Wildman–Crippen MR) is 79.0 cm³/mol. The maximum atomic E-state index is 4.34. The quantitative estimate of drug-likeness (QED) is 0.859. The monoisotopic (exact) mass is 257 g/mol. The van der Waals surface area contributed by atoms with E-state index in [2.05, 4.69) is 66.2 Å². The highest BCUT2D eigenvalue weighted by atomic mass is 15.3. The van der Waals surface area contributed by atoms with Gasteiger partial charge in [-0.25, -0.2) is 0 Å². The minimum Gasteiger partial charge on any atom is -0.305 e. The highest BCUT2D eigenvalue weighted by molar-refractivity contribution is 5.23. The normalized spacial score (nSPS) is 12.6. The van der Waals surface area contributed by atoms with E-state index in [1.165, 1.54) is 16.8 Å². The average molecular weight is 257 g/mol. The van der Waals surface area contributed by atoms with Crippen LogP contribution in [0.2, 0.25) is 0 Å². The van der Waals surface area contributed by atoms with Crippen LogP contribution in [-0.4, -0.2) is 9.78 Å². The highest BCUT2D eigenvalue weighted by Crippen LogP contribution is 2.14. The fourth-order valence-corrected chi connectivity index (χ4v) is 2.15. The first-order valence-corrected chi connectivity index (χ1v) is 7.01. The first-order valence-electron chi connectivity index (χ1n) is 7.01. The van der Waals surface area contributed by atoms with E-state index >= 15 is 0 Å². The first kappa shape index (κ1) is 13.8. The summed E-state index contributed by atoms with van der Waals surface area (Å²) in [7, 11) is 0. The summed E-state index contributed by atoms with van der Waals surface area (Å²) in [5.74, 6) is 0. The Morgan fingerprint density at radius 3 is 2.63 bits per heavy atom. The van der Waals surface area contributed by atoms with Crippen LogP contribution in [0.25, 0.3) is 0 Å². The smallest absolute Gasteiger partial charge is 0.0522 e. The van der Waals surface area contributed by atoms with Crippen molar-refractivity contribution in [3.8, 4) is 0 Å². The molecule has 0 spiro atoms. The van der Waals surface area contributed by atoms with Gasteiger partial charge in [-0.2, -0.15) is 5.10 Å². The second-order valence-corrected chi connectivity index (χ2v) is 5.06. The molecule has 1 atom stereocenters. The molecule has 1 aromatic heterocycles. The molecule has 2 rings (SSSR count). The minimum atomic E-state index is 0.352. The Balaban J connectivity index is 1.94. The molecule has 102 valence electrons. The first-order chi connectivity index (χ1) is 9.20. The third kappa shape index (κ3) is 3.67. The van der Waals surface area contributed by atoms with E-state index < -0.39 is 0 Å². The predicted octanol–water partition coefficient (Wildman–Crippen LogP) is 3.45. The van der Waals surface area contributed by atoms with Crippen LogP contribution in [0, 0.1) is 6.92 Å². The molecule has 19 heavy (non-hydrogen) atoms. The summed E-state index contributed by atoms with van der Waals surface area (Å²) in [6.45, 7) is 8.34. The molecular weight excluding hydrogens is 234 g/mol. The number of benzene rings is 1. The van der Waals surface area contributed by atoms with Gasteiger partial charge in [0.2, 0.25) is 0 Å². The Morgan fingerprint density at radius 2 is 1.95 bits per heavy atom. The van der Waals surface area contributed by atoms with E-state index in [9.17, 15) is 0 Å². The second kappa shape index (κ2) is 6.53. The maximum absolute atomic E-state index is 4.34. The Hall–Kier alpha value is -1.61. The summed E-state index contributed by atoms with van der Waals surface area (Å²) in [5.41, 5.74) is 3.88. The van der Waals surface area contributed by atoms with Crippen LogP contribution < -0.4 is 5.32 Å². The molecule has 0 fully saturated rings. The highest BCUT2D eigenvalue weighted by Gasteiger charge is 2.06. The van der Waals surface area contributed by atoms with Gasteiger partial charge in [0.25, 0.3) is 0 Å². The van der Waals surface area contributed by atoms with Crippen molar-refractivity contribution < 1.29 is 0 Å². The molecule has 1 heterocycles. The third-order valence-corrected chi connectivity index (χ3v) is 3.41. The molecule has 2 aromatic rings. The lowest BCUT2D eigenvalue weighted by Crippen LogP contribution is -2.20. The van der Waals surface area contributed by atoms with Crippen molar-refractivity contribution in [2.24, 2.45) is 0 Å². The van der Waals surface area contributed by atoms with Gasteiger partial charge in [0.1, 0.15) is 0 Å². The summed E-state index contributed by atoms with van der Waals surface area (Å²) in [5, 5.41) is 7.90. The Bertz CT molecular complexity index is 499. The van der Waals surface area contributed by atoms with Gasteiger partial charge in [-0.1, -0.05) is 36.8 Å². The van der Waals surface area contributed by atoms with Crippen LogP contribution in [0.5, 0.6) is 0 Å². The summed E-state index contributed by atoms with van der Waals surface area (Å²) in [4.78, 5) is 0. The number of hydrogen-bond acceptors (Lipinski definition) is 2. The van der Waals surface area contributed by atoms with E-state index in [0.29, 0.717) is 6.04 Å². The van der Waals surface area contributed by atoms with Crippen LogP contribution in [0.15, 0.2) is 36.5 Å². The van der Waals surface area contributed by atoms with E-state index in [-0.39, 0.29) is 0 Å². The molecule has 3 heteroatoms. The van der Waals surface area contributed by atoms with Crippen LogP contribution in [0.4, 0.5) is 0 Å². The average Bonchev–Trinajstić information content (AvgIpc) is 2.85. The summed E-state index contributed by atoms with van der Waals surface area (Å²) < 4.78 is 2.08. The Labute approximate surface area is 115 Å². The van der Waals surface area contributed by atoms with Crippen molar-refractivity contribution in [3.05, 3.63) is 53.3 Å². The number of aryl methyl sites for hydroxylation is 2. The second-order valence-electron chi connectivity index (χ2n) is 5.06. The molecular formula is C16H23N3. The van der Waals surface area contributed by atoms with Gasteiger partial charge in [0.15, 0.2) is 0 Å². The number of nitrogens with one attached hydrogen (secondary N) is 1. The molecule has 0 amide bonds. The lowest BCUT2D eigenvalue weighted by molar-refractivity contribution is 0.517. The summed E-state index contributed by atoms with van der Waals surface area (Å²) in [6, 6.07) is 11.1. The number of nitrogens with zero attached hydrogens (tertiary/aromatic N) is 2. The van der Waals surface area contributed by atoms with E-state index in [1.807, 2.05) is 6.20 Å². The van der Waals surface area contributed by atoms with E-state index in [1.54, 1.807) is 0 Å². The largest absolute Gasteiger partial charge is 0.305 e. The Kier molecular flexibility index (Phi) is 4.74. The van der Waals surface area contributed by atoms with Gasteiger partial charge in [0, 0.05) is 25.3 Å². The van der Waals surface area contributed by atoms with Crippen molar-refractivity contribution >= 4 is 0 Å². The molecule has 1 aromatic carbocycles.